The highest BCUT2D eigenvalue weighted by Crippen LogP contribution is 2.35. The normalized spacial score (nSPS) is 28.1. The van der Waals surface area contributed by atoms with E-state index < -0.39 is 11.6 Å². The molecule has 0 radical (unpaired) electrons. The minimum absolute atomic E-state index is 0.0612. The summed E-state index contributed by atoms with van der Waals surface area (Å²) in [5, 5.41) is 2.90. The quantitative estimate of drug-likeness (QED) is 0.737. The highest BCUT2D eigenvalue weighted by molar-refractivity contribution is 6.09. The van der Waals surface area contributed by atoms with E-state index in [-0.39, 0.29) is 18.4 Å². The minimum atomic E-state index is -0.809. The molecule has 0 aromatic rings. The van der Waals surface area contributed by atoms with Crippen LogP contribution < -0.4 is 5.32 Å². The second kappa shape index (κ2) is 7.97. The van der Waals surface area contributed by atoms with Crippen LogP contribution in [0.2, 0.25) is 0 Å². The van der Waals surface area contributed by atoms with Gasteiger partial charge < -0.3 is 10.2 Å². The number of hydrogen-bond donors (Lipinski definition) is 1. The van der Waals surface area contributed by atoms with E-state index in [0.717, 1.165) is 32.2 Å². The Morgan fingerprint density at radius 3 is 2.42 bits per heavy atom. The number of likely N-dealkylation sites (tertiary alicyclic amines) is 1. The molecule has 3 rings (SSSR count). The highest BCUT2D eigenvalue weighted by Gasteiger charge is 2.50. The van der Waals surface area contributed by atoms with Crippen molar-refractivity contribution in [3.63, 3.8) is 0 Å². The molecule has 2 heterocycles. The number of nitrogens with zero attached hydrogens (tertiary/aromatic N) is 2. The molecule has 3 aliphatic rings. The van der Waals surface area contributed by atoms with Crippen molar-refractivity contribution in [2.75, 3.05) is 13.1 Å². The van der Waals surface area contributed by atoms with Crippen LogP contribution in [0.4, 0.5) is 4.79 Å². The summed E-state index contributed by atoms with van der Waals surface area (Å²) in [7, 11) is 0. The molecule has 1 N–H and O–H groups in total. The first-order valence-corrected chi connectivity index (χ1v) is 10.5. The number of carbonyl (C=O) groups excluding carboxylic acids is 3. The second-order valence-corrected chi connectivity index (χ2v) is 8.24. The van der Waals surface area contributed by atoms with Gasteiger partial charge in [0.2, 0.25) is 5.91 Å². The molecule has 0 spiro atoms. The number of rotatable bonds is 6. The lowest BCUT2D eigenvalue weighted by atomic mass is 9.78. The van der Waals surface area contributed by atoms with Crippen LogP contribution in [0.5, 0.6) is 0 Å². The molecule has 2 saturated heterocycles. The third-order valence-corrected chi connectivity index (χ3v) is 6.46. The fourth-order valence-electron chi connectivity index (χ4n) is 5.30. The third kappa shape index (κ3) is 3.47. The number of hydrogen-bond acceptors (Lipinski definition) is 3. The van der Waals surface area contributed by atoms with Crippen molar-refractivity contribution >= 4 is 17.8 Å². The molecular weight excluding hydrogens is 330 g/mol. The molecule has 0 aromatic carbocycles. The van der Waals surface area contributed by atoms with Gasteiger partial charge >= 0.3 is 6.03 Å². The zero-order valence-corrected chi connectivity index (χ0v) is 16.3. The van der Waals surface area contributed by atoms with Crippen LogP contribution in [0.25, 0.3) is 0 Å². The van der Waals surface area contributed by atoms with Gasteiger partial charge in [0.25, 0.3) is 5.91 Å². The Kier molecular flexibility index (Phi) is 5.88. The molecule has 146 valence electrons. The first kappa shape index (κ1) is 19.2. The van der Waals surface area contributed by atoms with Crippen LogP contribution in [0.3, 0.4) is 0 Å². The molecule has 4 amide bonds. The van der Waals surface area contributed by atoms with Gasteiger partial charge in [-0.3, -0.25) is 14.5 Å². The van der Waals surface area contributed by atoms with Crippen molar-refractivity contribution in [1.82, 2.24) is 15.1 Å². The summed E-state index contributed by atoms with van der Waals surface area (Å²) >= 11 is 0. The van der Waals surface area contributed by atoms with Gasteiger partial charge in [0.05, 0.1) is 0 Å². The van der Waals surface area contributed by atoms with Crippen molar-refractivity contribution in [3.8, 4) is 0 Å². The molecule has 3 fully saturated rings. The van der Waals surface area contributed by atoms with Crippen LogP contribution in [-0.2, 0) is 9.59 Å². The molecule has 0 aromatic heterocycles. The topological polar surface area (TPSA) is 69.7 Å². The average molecular weight is 364 g/mol. The molecule has 0 bridgehead atoms. The van der Waals surface area contributed by atoms with Gasteiger partial charge in [-0.25, -0.2) is 4.79 Å². The number of nitrogens with one attached hydrogen (secondary N) is 1. The van der Waals surface area contributed by atoms with E-state index in [9.17, 15) is 14.4 Å². The lowest BCUT2D eigenvalue weighted by Gasteiger charge is -2.44. The summed E-state index contributed by atoms with van der Waals surface area (Å²) in [4.78, 5) is 41.6. The first-order chi connectivity index (χ1) is 12.5. The summed E-state index contributed by atoms with van der Waals surface area (Å²) in [6.45, 7) is 4.69. The van der Waals surface area contributed by atoms with Gasteiger partial charge in [-0.05, 0) is 44.4 Å². The summed E-state index contributed by atoms with van der Waals surface area (Å²) in [5.41, 5.74) is -0.809. The van der Waals surface area contributed by atoms with Crippen molar-refractivity contribution in [1.29, 1.82) is 0 Å². The maximum atomic E-state index is 13.0. The van der Waals surface area contributed by atoms with Crippen LogP contribution in [0.15, 0.2) is 0 Å². The summed E-state index contributed by atoms with van der Waals surface area (Å²) < 4.78 is 0. The van der Waals surface area contributed by atoms with Gasteiger partial charge in [-0.2, -0.15) is 0 Å². The fraction of sp³-hybridized carbons (Fsp3) is 0.850. The Hall–Kier alpha value is -1.59. The Bertz CT molecular complexity index is 555. The van der Waals surface area contributed by atoms with Crippen LogP contribution >= 0.6 is 0 Å². The van der Waals surface area contributed by atoms with Gasteiger partial charge in [0.1, 0.15) is 12.1 Å². The molecule has 1 aliphatic carbocycles. The molecule has 2 aliphatic heterocycles. The van der Waals surface area contributed by atoms with Crippen LogP contribution in [0, 0.1) is 5.92 Å². The smallest absolute Gasteiger partial charge is 0.325 e. The van der Waals surface area contributed by atoms with E-state index in [1.807, 2.05) is 18.7 Å². The van der Waals surface area contributed by atoms with E-state index >= 15 is 0 Å². The standard InChI is InChI=1S/C20H33N3O3/c1-3-11-20(12-4-2)18(25)23(19(26)21-20)14-17(24)22-13-7-9-15-8-5-6-10-16(15)22/h15-16H,3-14H2,1-2H3,(H,21,26)/t15-,16-/m1/s1. The van der Waals surface area contributed by atoms with Crippen molar-refractivity contribution in [3.05, 3.63) is 0 Å². The van der Waals surface area contributed by atoms with Gasteiger partial charge in [-0.1, -0.05) is 39.5 Å². The fourth-order valence-corrected chi connectivity index (χ4v) is 5.30. The van der Waals surface area contributed by atoms with E-state index in [0.29, 0.717) is 24.8 Å². The molecule has 6 heteroatoms. The summed E-state index contributed by atoms with van der Waals surface area (Å²) in [6, 6.07) is -0.0933. The van der Waals surface area contributed by atoms with E-state index in [4.69, 9.17) is 0 Å². The lowest BCUT2D eigenvalue weighted by molar-refractivity contribution is -0.143. The van der Waals surface area contributed by atoms with Gasteiger partial charge in [0.15, 0.2) is 0 Å². The van der Waals surface area contributed by atoms with E-state index in [1.165, 1.54) is 30.6 Å². The van der Waals surface area contributed by atoms with E-state index in [1.54, 1.807) is 0 Å². The molecule has 26 heavy (non-hydrogen) atoms. The van der Waals surface area contributed by atoms with Crippen LogP contribution in [0.1, 0.15) is 78.1 Å². The average Bonchev–Trinajstić information content (AvgIpc) is 2.86. The van der Waals surface area contributed by atoms with E-state index in [2.05, 4.69) is 5.32 Å². The monoisotopic (exact) mass is 363 g/mol. The van der Waals surface area contributed by atoms with Crippen LogP contribution in [-0.4, -0.2) is 52.3 Å². The van der Waals surface area contributed by atoms with Crippen molar-refractivity contribution in [2.24, 2.45) is 5.92 Å². The molecule has 6 nitrogen and oxygen atoms in total. The Balaban J connectivity index is 1.70. The minimum Gasteiger partial charge on any atom is -0.338 e. The molecular formula is C20H33N3O3. The zero-order chi connectivity index (χ0) is 18.7. The first-order valence-electron chi connectivity index (χ1n) is 10.5. The highest BCUT2D eigenvalue weighted by atomic mass is 16.2. The molecule has 2 atom stereocenters. The Morgan fingerprint density at radius 2 is 1.73 bits per heavy atom. The maximum Gasteiger partial charge on any atom is 0.325 e. The Labute approximate surface area is 156 Å². The zero-order valence-electron chi connectivity index (χ0n) is 16.3. The molecule has 1 saturated carbocycles. The number of piperidine rings is 1. The predicted molar refractivity (Wildman–Crippen MR) is 99.5 cm³/mol. The Morgan fingerprint density at radius 1 is 1.08 bits per heavy atom. The second-order valence-electron chi connectivity index (χ2n) is 8.24. The largest absolute Gasteiger partial charge is 0.338 e. The number of fused-ring (bicyclic) bond motifs is 1. The third-order valence-electron chi connectivity index (χ3n) is 6.46. The van der Waals surface area contributed by atoms with Gasteiger partial charge in [-0.15, -0.1) is 0 Å². The molecule has 0 unspecified atom stereocenters. The summed E-state index contributed by atoms with van der Waals surface area (Å²) in [5.74, 6) is 0.328. The maximum absolute atomic E-state index is 13.0. The number of amides is 4. The van der Waals surface area contributed by atoms with Crippen molar-refractivity contribution < 1.29 is 14.4 Å². The van der Waals surface area contributed by atoms with Crippen molar-refractivity contribution in [2.45, 2.75) is 89.6 Å². The number of imide groups is 1. The number of carbonyl (C=O) groups is 3. The lowest BCUT2D eigenvalue weighted by Crippen LogP contribution is -2.53. The number of urea groups is 1. The SMILES string of the molecule is CCCC1(CCC)NC(=O)N(CC(=O)N2CCC[C@H]3CCCC[C@H]32)C1=O. The summed E-state index contributed by atoms with van der Waals surface area (Å²) in [6.07, 6.45) is 9.83. The van der Waals surface area contributed by atoms with Gasteiger partial charge in [0, 0.05) is 12.6 Å². The predicted octanol–water partition coefficient (Wildman–Crippen LogP) is 3.06.